The number of hydrogen-bond donors (Lipinski definition) is 3. The summed E-state index contributed by atoms with van der Waals surface area (Å²) in [5.41, 5.74) is 3.24. The second-order valence-corrected chi connectivity index (χ2v) is 10.2. The zero-order valence-electron chi connectivity index (χ0n) is 23.0. The first-order valence-corrected chi connectivity index (χ1v) is 13.3. The highest BCUT2D eigenvalue weighted by atomic mass is 16.1. The van der Waals surface area contributed by atoms with Crippen LogP contribution in [0.4, 0.5) is 23.1 Å². The normalized spacial score (nSPS) is 14.6. The molecule has 0 radical (unpaired) electrons. The van der Waals surface area contributed by atoms with Crippen LogP contribution in [0.25, 0.3) is 22.3 Å². The van der Waals surface area contributed by atoms with Crippen molar-refractivity contribution in [2.45, 2.75) is 18.9 Å². The smallest absolute Gasteiger partial charge is 0.248 e. The number of piperidine rings is 1. The molecule has 0 bridgehead atoms. The van der Waals surface area contributed by atoms with Crippen LogP contribution in [0.2, 0.25) is 0 Å². The van der Waals surface area contributed by atoms with Gasteiger partial charge in [0.15, 0.2) is 0 Å². The van der Waals surface area contributed by atoms with E-state index in [2.05, 4.69) is 47.8 Å². The van der Waals surface area contributed by atoms with Crippen LogP contribution >= 0.6 is 0 Å². The van der Waals surface area contributed by atoms with Crippen LogP contribution in [0.15, 0.2) is 67.3 Å². The number of likely N-dealkylation sites (N-methyl/N-ethyl adjacent to an activating group) is 1. The summed E-state index contributed by atoms with van der Waals surface area (Å²) in [6, 6.07) is 9.75. The standard InChI is InChI=1S/C29H34N10O/c1-38(2)14-4-5-26(40)35-22-9-13-30-24(17-22)28-27-20(8-12-31-28)18-33-29(37-27)36-23-6-7-25(32-19-23)34-21-10-15-39(3)16-11-21/h4-9,12-13,17-19,21H,10-11,14-16H2,1-3H3,(H,32,34)(H,30,35,40)(H,33,36,37)/b5-4+. The number of carbonyl (C=O) groups is 1. The molecule has 1 fully saturated rings. The summed E-state index contributed by atoms with van der Waals surface area (Å²) in [6.45, 7) is 2.87. The second kappa shape index (κ2) is 12.6. The Balaban J connectivity index is 1.30. The topological polar surface area (TPSA) is 124 Å². The van der Waals surface area contributed by atoms with Crippen LogP contribution in [-0.2, 0) is 4.79 Å². The molecule has 1 aliphatic rings. The number of hydrogen-bond acceptors (Lipinski definition) is 10. The van der Waals surface area contributed by atoms with Gasteiger partial charge in [-0.05, 0) is 77.4 Å². The van der Waals surface area contributed by atoms with Crippen molar-refractivity contribution in [1.29, 1.82) is 0 Å². The monoisotopic (exact) mass is 538 g/mol. The van der Waals surface area contributed by atoms with E-state index in [1.807, 2.05) is 43.3 Å². The van der Waals surface area contributed by atoms with Crippen molar-refractivity contribution in [3.8, 4) is 11.4 Å². The summed E-state index contributed by atoms with van der Waals surface area (Å²) in [5, 5.41) is 10.5. The van der Waals surface area contributed by atoms with Crippen molar-refractivity contribution in [1.82, 2.24) is 34.7 Å². The van der Waals surface area contributed by atoms with E-state index < -0.39 is 0 Å². The zero-order valence-corrected chi connectivity index (χ0v) is 23.0. The van der Waals surface area contributed by atoms with Gasteiger partial charge in [0.2, 0.25) is 11.9 Å². The lowest BCUT2D eigenvalue weighted by molar-refractivity contribution is -0.111. The summed E-state index contributed by atoms with van der Waals surface area (Å²) in [5.74, 6) is 1.08. The van der Waals surface area contributed by atoms with Crippen molar-refractivity contribution in [3.05, 3.63) is 67.3 Å². The SMILES string of the molecule is CN(C)C/C=C/C(=O)Nc1ccnc(-c2nccc3cnc(Nc4ccc(NC5CCN(C)CC5)nc4)nc23)c1. The molecule has 0 spiro atoms. The van der Waals surface area contributed by atoms with Gasteiger partial charge >= 0.3 is 0 Å². The van der Waals surface area contributed by atoms with Gasteiger partial charge in [0.05, 0.1) is 17.6 Å². The van der Waals surface area contributed by atoms with Crippen LogP contribution in [-0.4, -0.2) is 87.4 Å². The zero-order chi connectivity index (χ0) is 27.9. The molecule has 0 aliphatic carbocycles. The Kier molecular flexibility index (Phi) is 8.53. The average molecular weight is 539 g/mol. The van der Waals surface area contributed by atoms with Crippen molar-refractivity contribution >= 4 is 40.0 Å². The molecule has 1 aliphatic heterocycles. The molecule has 5 rings (SSSR count). The van der Waals surface area contributed by atoms with E-state index >= 15 is 0 Å². The first-order valence-electron chi connectivity index (χ1n) is 13.3. The van der Waals surface area contributed by atoms with E-state index in [9.17, 15) is 4.79 Å². The average Bonchev–Trinajstić information content (AvgIpc) is 2.95. The lowest BCUT2D eigenvalue weighted by Crippen LogP contribution is -2.36. The Labute approximate surface area is 233 Å². The van der Waals surface area contributed by atoms with Gasteiger partial charge < -0.3 is 25.8 Å². The molecule has 1 saturated heterocycles. The van der Waals surface area contributed by atoms with Gasteiger partial charge in [-0.1, -0.05) is 6.08 Å². The maximum atomic E-state index is 12.3. The molecule has 1 amide bonds. The van der Waals surface area contributed by atoms with Crippen LogP contribution in [0.1, 0.15) is 12.8 Å². The number of amides is 1. The number of fused-ring (bicyclic) bond motifs is 1. The Morgan fingerprint density at radius 2 is 1.85 bits per heavy atom. The fraction of sp³-hybridized carbons (Fsp3) is 0.310. The number of carbonyl (C=O) groups excluding carboxylic acids is 1. The van der Waals surface area contributed by atoms with Gasteiger partial charge in [0.25, 0.3) is 0 Å². The van der Waals surface area contributed by atoms with Crippen molar-refractivity contribution in [3.63, 3.8) is 0 Å². The lowest BCUT2D eigenvalue weighted by Gasteiger charge is -2.29. The maximum Gasteiger partial charge on any atom is 0.248 e. The van der Waals surface area contributed by atoms with Gasteiger partial charge in [0.1, 0.15) is 17.0 Å². The van der Waals surface area contributed by atoms with Gasteiger partial charge in [-0.25, -0.2) is 15.0 Å². The van der Waals surface area contributed by atoms with Gasteiger partial charge in [-0.3, -0.25) is 14.8 Å². The molecular weight excluding hydrogens is 504 g/mol. The third-order valence-electron chi connectivity index (χ3n) is 6.60. The highest BCUT2D eigenvalue weighted by Gasteiger charge is 2.17. The summed E-state index contributed by atoms with van der Waals surface area (Å²) >= 11 is 0. The number of rotatable bonds is 9. The number of nitrogens with zero attached hydrogens (tertiary/aromatic N) is 7. The lowest BCUT2D eigenvalue weighted by atomic mass is 10.1. The van der Waals surface area contributed by atoms with Crippen molar-refractivity contribution in [2.24, 2.45) is 0 Å². The molecule has 4 aromatic heterocycles. The first kappa shape index (κ1) is 27.1. The van der Waals surface area contributed by atoms with Crippen LogP contribution in [0.5, 0.6) is 0 Å². The fourth-order valence-corrected chi connectivity index (χ4v) is 4.44. The number of likely N-dealkylation sites (tertiary alicyclic amines) is 1. The molecule has 4 aromatic rings. The molecule has 3 N–H and O–H groups in total. The first-order chi connectivity index (χ1) is 19.4. The van der Waals surface area contributed by atoms with E-state index in [0.717, 1.165) is 42.8 Å². The van der Waals surface area contributed by atoms with Crippen molar-refractivity contribution in [2.75, 3.05) is 56.7 Å². The molecule has 5 heterocycles. The summed E-state index contributed by atoms with van der Waals surface area (Å²) in [7, 11) is 6.05. The maximum absolute atomic E-state index is 12.3. The second-order valence-electron chi connectivity index (χ2n) is 10.2. The van der Waals surface area contributed by atoms with E-state index in [-0.39, 0.29) is 5.91 Å². The van der Waals surface area contributed by atoms with Gasteiger partial charge in [-0.2, -0.15) is 0 Å². The van der Waals surface area contributed by atoms with E-state index in [1.54, 1.807) is 36.9 Å². The molecule has 0 aromatic carbocycles. The highest BCUT2D eigenvalue weighted by Crippen LogP contribution is 2.26. The van der Waals surface area contributed by atoms with Crippen LogP contribution in [0, 0.1) is 0 Å². The predicted octanol–water partition coefficient (Wildman–Crippen LogP) is 3.79. The Morgan fingerprint density at radius 3 is 2.62 bits per heavy atom. The molecule has 206 valence electrons. The fourth-order valence-electron chi connectivity index (χ4n) is 4.44. The van der Waals surface area contributed by atoms with Gasteiger partial charge in [0, 0.05) is 48.3 Å². The quantitative estimate of drug-likeness (QED) is 0.271. The van der Waals surface area contributed by atoms with Crippen LogP contribution < -0.4 is 16.0 Å². The molecular formula is C29H34N10O. The Hall–Kier alpha value is -4.48. The third kappa shape index (κ3) is 7.13. The highest BCUT2D eigenvalue weighted by molar-refractivity contribution is 6.00. The number of anilines is 4. The Bertz CT molecular complexity index is 1480. The molecule has 0 atom stereocenters. The Morgan fingerprint density at radius 1 is 1.02 bits per heavy atom. The predicted molar refractivity (Wildman–Crippen MR) is 159 cm³/mol. The molecule has 0 saturated carbocycles. The van der Waals surface area contributed by atoms with Crippen LogP contribution in [0.3, 0.4) is 0 Å². The minimum Gasteiger partial charge on any atom is -0.367 e. The van der Waals surface area contributed by atoms with Crippen molar-refractivity contribution < 1.29 is 4.79 Å². The minimum atomic E-state index is -0.208. The summed E-state index contributed by atoms with van der Waals surface area (Å²) in [4.78, 5) is 39.5. The van der Waals surface area contributed by atoms with E-state index in [0.29, 0.717) is 41.1 Å². The molecule has 11 nitrogen and oxygen atoms in total. The van der Waals surface area contributed by atoms with Gasteiger partial charge in [-0.15, -0.1) is 0 Å². The third-order valence-corrected chi connectivity index (χ3v) is 6.60. The number of nitrogens with one attached hydrogen (secondary N) is 3. The largest absolute Gasteiger partial charge is 0.367 e. The van der Waals surface area contributed by atoms with E-state index in [1.165, 1.54) is 6.08 Å². The summed E-state index contributed by atoms with van der Waals surface area (Å²) < 4.78 is 0. The summed E-state index contributed by atoms with van der Waals surface area (Å²) in [6.07, 6.45) is 12.4. The number of pyridine rings is 3. The molecule has 11 heteroatoms. The molecule has 40 heavy (non-hydrogen) atoms. The minimum absolute atomic E-state index is 0.208. The number of aromatic nitrogens is 5. The molecule has 0 unspecified atom stereocenters. The van der Waals surface area contributed by atoms with E-state index in [4.69, 9.17) is 4.98 Å².